The largest absolute Gasteiger partial charge is 0.379 e. The van der Waals surface area contributed by atoms with Crippen LogP contribution < -0.4 is 0 Å². The molecule has 1 fully saturated rings. The SMILES string of the molecule is CCc1sc(C(=O)N(Cc2ccccc2)C(C)CN2CCOCC2)cc1C. The first kappa shape index (κ1) is 20.1. The molecule has 0 N–H and O–H groups in total. The molecule has 0 aliphatic carbocycles. The van der Waals surface area contributed by atoms with Crippen molar-refractivity contribution in [3.8, 4) is 0 Å². The summed E-state index contributed by atoms with van der Waals surface area (Å²) in [5.41, 5.74) is 2.40. The summed E-state index contributed by atoms with van der Waals surface area (Å²) in [6, 6.07) is 12.5. The Hall–Kier alpha value is -1.69. The molecule has 1 aromatic heterocycles. The van der Waals surface area contributed by atoms with Crippen molar-refractivity contribution in [2.24, 2.45) is 0 Å². The van der Waals surface area contributed by atoms with Crippen LogP contribution in [0.15, 0.2) is 36.4 Å². The minimum atomic E-state index is 0.142. The Kier molecular flexibility index (Phi) is 7.05. The normalized spacial score (nSPS) is 16.3. The Morgan fingerprint density at radius 1 is 1.26 bits per heavy atom. The summed E-state index contributed by atoms with van der Waals surface area (Å²) in [6.45, 7) is 11.4. The van der Waals surface area contributed by atoms with Gasteiger partial charge >= 0.3 is 0 Å². The lowest BCUT2D eigenvalue weighted by Crippen LogP contribution is -2.47. The van der Waals surface area contributed by atoms with Gasteiger partial charge in [0, 0.05) is 37.1 Å². The summed E-state index contributed by atoms with van der Waals surface area (Å²) in [7, 11) is 0. The van der Waals surface area contributed by atoms with Crippen molar-refractivity contribution >= 4 is 17.2 Å². The second-order valence-electron chi connectivity index (χ2n) is 7.25. The highest BCUT2D eigenvalue weighted by Crippen LogP contribution is 2.25. The molecule has 0 radical (unpaired) electrons. The van der Waals surface area contributed by atoms with Gasteiger partial charge in [-0.1, -0.05) is 37.3 Å². The number of ether oxygens (including phenoxy) is 1. The van der Waals surface area contributed by atoms with Crippen LogP contribution in [0.1, 0.15) is 39.5 Å². The van der Waals surface area contributed by atoms with Crippen molar-refractivity contribution in [1.82, 2.24) is 9.80 Å². The first-order valence-corrected chi connectivity index (χ1v) is 10.6. The Labute approximate surface area is 166 Å². The van der Waals surface area contributed by atoms with Crippen LogP contribution in [0.3, 0.4) is 0 Å². The van der Waals surface area contributed by atoms with Gasteiger partial charge in [-0.2, -0.15) is 0 Å². The van der Waals surface area contributed by atoms with Crippen molar-refractivity contribution in [3.05, 3.63) is 57.3 Å². The van der Waals surface area contributed by atoms with Crippen LogP contribution >= 0.6 is 11.3 Å². The van der Waals surface area contributed by atoms with Gasteiger partial charge in [0.15, 0.2) is 0 Å². The monoisotopic (exact) mass is 386 g/mol. The van der Waals surface area contributed by atoms with Gasteiger partial charge in [0.1, 0.15) is 0 Å². The van der Waals surface area contributed by atoms with E-state index in [1.807, 2.05) is 23.1 Å². The van der Waals surface area contributed by atoms with Crippen molar-refractivity contribution in [2.45, 2.75) is 39.8 Å². The Balaban J connectivity index is 1.80. The number of benzene rings is 1. The van der Waals surface area contributed by atoms with E-state index in [1.54, 1.807) is 11.3 Å². The van der Waals surface area contributed by atoms with Crippen molar-refractivity contribution in [1.29, 1.82) is 0 Å². The maximum absolute atomic E-state index is 13.4. The molecular weight excluding hydrogens is 356 g/mol. The van der Waals surface area contributed by atoms with Crippen molar-refractivity contribution in [3.63, 3.8) is 0 Å². The standard InChI is InChI=1S/C22H30N2O2S/c1-4-20-17(2)14-21(27-20)22(25)24(16-19-8-6-5-7-9-19)18(3)15-23-10-12-26-13-11-23/h5-9,14,18H,4,10-13,15-16H2,1-3H3. The fraction of sp³-hybridized carbons (Fsp3) is 0.500. The average Bonchev–Trinajstić information content (AvgIpc) is 3.08. The molecule has 1 aliphatic rings. The molecule has 0 spiro atoms. The number of nitrogens with zero attached hydrogens (tertiary/aromatic N) is 2. The quantitative estimate of drug-likeness (QED) is 0.721. The second kappa shape index (κ2) is 9.49. The van der Waals surface area contributed by atoms with Crippen LogP contribution in [0.2, 0.25) is 0 Å². The number of rotatable bonds is 7. The van der Waals surface area contributed by atoms with E-state index in [4.69, 9.17) is 4.74 Å². The third kappa shape index (κ3) is 5.18. The van der Waals surface area contributed by atoms with E-state index in [0.717, 1.165) is 44.1 Å². The van der Waals surface area contributed by atoms with Gasteiger partial charge in [-0.25, -0.2) is 0 Å². The second-order valence-corrected chi connectivity index (χ2v) is 8.39. The van der Waals surface area contributed by atoms with E-state index >= 15 is 0 Å². The third-order valence-corrected chi connectivity index (χ3v) is 6.54. The molecule has 1 amide bonds. The van der Waals surface area contributed by atoms with Crippen LogP contribution in [0.25, 0.3) is 0 Å². The van der Waals surface area contributed by atoms with Crippen LogP contribution in [0, 0.1) is 6.92 Å². The molecular formula is C22H30N2O2S. The van der Waals surface area contributed by atoms with E-state index in [-0.39, 0.29) is 11.9 Å². The van der Waals surface area contributed by atoms with Crippen LogP contribution in [-0.2, 0) is 17.7 Å². The maximum atomic E-state index is 13.4. The van der Waals surface area contributed by atoms with E-state index < -0.39 is 0 Å². The lowest BCUT2D eigenvalue weighted by atomic mass is 10.1. The Morgan fingerprint density at radius 3 is 2.59 bits per heavy atom. The number of hydrogen-bond donors (Lipinski definition) is 0. The molecule has 2 aromatic rings. The molecule has 146 valence electrons. The lowest BCUT2D eigenvalue weighted by Gasteiger charge is -2.35. The molecule has 1 aliphatic heterocycles. The molecule has 2 heterocycles. The zero-order valence-electron chi connectivity index (χ0n) is 16.6. The average molecular weight is 387 g/mol. The summed E-state index contributed by atoms with van der Waals surface area (Å²) in [6.07, 6.45) is 0.978. The first-order chi connectivity index (χ1) is 13.1. The van der Waals surface area contributed by atoms with Gasteiger partial charge in [-0.05, 0) is 37.5 Å². The highest BCUT2D eigenvalue weighted by molar-refractivity contribution is 7.14. The van der Waals surface area contributed by atoms with Gasteiger partial charge in [-0.3, -0.25) is 9.69 Å². The highest BCUT2D eigenvalue weighted by atomic mass is 32.1. The number of amides is 1. The topological polar surface area (TPSA) is 32.8 Å². The van der Waals surface area contributed by atoms with Crippen molar-refractivity contribution in [2.75, 3.05) is 32.8 Å². The molecule has 5 heteroatoms. The predicted molar refractivity (Wildman–Crippen MR) is 111 cm³/mol. The fourth-order valence-electron chi connectivity index (χ4n) is 3.58. The van der Waals surface area contributed by atoms with Crippen molar-refractivity contribution < 1.29 is 9.53 Å². The summed E-state index contributed by atoms with van der Waals surface area (Å²) < 4.78 is 5.46. The van der Waals surface area contributed by atoms with E-state index in [0.29, 0.717) is 6.54 Å². The fourth-order valence-corrected chi connectivity index (χ4v) is 4.65. The third-order valence-electron chi connectivity index (χ3n) is 5.17. The molecule has 0 saturated carbocycles. The van der Waals surface area contributed by atoms with Crippen LogP contribution in [-0.4, -0.2) is 54.6 Å². The van der Waals surface area contributed by atoms with Gasteiger partial charge in [0.05, 0.1) is 18.1 Å². The van der Waals surface area contributed by atoms with Gasteiger partial charge in [-0.15, -0.1) is 11.3 Å². The van der Waals surface area contributed by atoms with E-state index in [2.05, 4.69) is 43.9 Å². The first-order valence-electron chi connectivity index (χ1n) is 9.82. The molecule has 0 bridgehead atoms. The minimum Gasteiger partial charge on any atom is -0.379 e. The minimum absolute atomic E-state index is 0.142. The zero-order chi connectivity index (χ0) is 19.2. The van der Waals surface area contributed by atoms with Gasteiger partial charge in [0.2, 0.25) is 0 Å². The number of carbonyl (C=O) groups is 1. The van der Waals surface area contributed by atoms with E-state index in [9.17, 15) is 4.79 Å². The number of hydrogen-bond acceptors (Lipinski definition) is 4. The molecule has 1 unspecified atom stereocenters. The maximum Gasteiger partial charge on any atom is 0.264 e. The molecule has 4 nitrogen and oxygen atoms in total. The summed E-state index contributed by atoms with van der Waals surface area (Å²) in [5, 5.41) is 0. The molecule has 1 aromatic carbocycles. The molecule has 27 heavy (non-hydrogen) atoms. The number of thiophene rings is 1. The van der Waals surface area contributed by atoms with Crippen LogP contribution in [0.4, 0.5) is 0 Å². The smallest absolute Gasteiger partial charge is 0.264 e. The Bertz CT molecular complexity index is 738. The number of carbonyl (C=O) groups excluding carboxylic acids is 1. The molecule has 1 saturated heterocycles. The lowest BCUT2D eigenvalue weighted by molar-refractivity contribution is 0.0229. The number of aryl methyl sites for hydroxylation is 2. The number of morpholine rings is 1. The van der Waals surface area contributed by atoms with Gasteiger partial charge in [0.25, 0.3) is 5.91 Å². The molecule has 3 rings (SSSR count). The Morgan fingerprint density at radius 2 is 1.96 bits per heavy atom. The van der Waals surface area contributed by atoms with E-state index in [1.165, 1.54) is 16.0 Å². The predicted octanol–water partition coefficient (Wildman–Crippen LogP) is 3.98. The summed E-state index contributed by atoms with van der Waals surface area (Å²) in [5.74, 6) is 0.146. The van der Waals surface area contributed by atoms with Gasteiger partial charge < -0.3 is 9.64 Å². The van der Waals surface area contributed by atoms with Crippen LogP contribution in [0.5, 0.6) is 0 Å². The summed E-state index contributed by atoms with van der Waals surface area (Å²) >= 11 is 1.65. The zero-order valence-corrected chi connectivity index (χ0v) is 17.4. The highest BCUT2D eigenvalue weighted by Gasteiger charge is 2.26. The molecule has 1 atom stereocenters. The summed E-state index contributed by atoms with van der Waals surface area (Å²) in [4.78, 5) is 20.0.